The molecule has 3 amide bonds. The van der Waals surface area contributed by atoms with E-state index >= 15 is 0 Å². The monoisotopic (exact) mass is 638 g/mol. The van der Waals surface area contributed by atoms with Crippen molar-refractivity contribution in [3.8, 4) is 0 Å². The van der Waals surface area contributed by atoms with Crippen molar-refractivity contribution >= 4 is 63.6 Å². The summed E-state index contributed by atoms with van der Waals surface area (Å²) in [7, 11) is 0. The molecular formula is C32H29Cl2FN4O3S. The first-order valence-corrected chi connectivity index (χ1v) is 15.5. The molecule has 0 bridgehead atoms. The van der Waals surface area contributed by atoms with E-state index in [-0.39, 0.29) is 35.7 Å². The van der Waals surface area contributed by atoms with Crippen molar-refractivity contribution in [2.45, 2.75) is 35.6 Å². The topological polar surface area (TPSA) is 76.7 Å². The van der Waals surface area contributed by atoms with E-state index in [2.05, 4.69) is 4.98 Å². The molecule has 2 aliphatic heterocycles. The Kier molecular flexibility index (Phi) is 8.15. The quantitative estimate of drug-likeness (QED) is 0.269. The summed E-state index contributed by atoms with van der Waals surface area (Å²) in [6, 6.07) is 18.8. The molecule has 222 valence electrons. The molecule has 0 saturated carbocycles. The van der Waals surface area contributed by atoms with Crippen LogP contribution in [0, 0.1) is 5.82 Å². The SMILES string of the molecule is CC(=O)N1CCN(C(=O)[C@@]2(Sc3ccccc3)CC(=O)N(Cc3ccc(Cl)c(F)c3)[C@H]2c2c[nH]c3cc(Cl)ccc23)CC1. The molecule has 2 saturated heterocycles. The molecule has 1 N–H and O–H groups in total. The number of benzene rings is 3. The second-order valence-corrected chi connectivity index (χ2v) is 13.1. The molecule has 6 rings (SSSR count). The smallest absolute Gasteiger partial charge is 0.242 e. The number of fused-ring (bicyclic) bond motifs is 1. The molecule has 3 heterocycles. The third kappa shape index (κ3) is 5.61. The van der Waals surface area contributed by atoms with Gasteiger partial charge in [-0.3, -0.25) is 14.4 Å². The number of piperazine rings is 1. The van der Waals surface area contributed by atoms with Crippen LogP contribution in [0.25, 0.3) is 10.9 Å². The first kappa shape index (κ1) is 29.5. The molecule has 1 aromatic heterocycles. The van der Waals surface area contributed by atoms with E-state index in [0.29, 0.717) is 36.8 Å². The van der Waals surface area contributed by atoms with Crippen molar-refractivity contribution in [1.82, 2.24) is 19.7 Å². The van der Waals surface area contributed by atoms with E-state index in [1.807, 2.05) is 48.7 Å². The summed E-state index contributed by atoms with van der Waals surface area (Å²) in [6.45, 7) is 3.18. The van der Waals surface area contributed by atoms with Crippen molar-refractivity contribution in [3.63, 3.8) is 0 Å². The average molecular weight is 640 g/mol. The van der Waals surface area contributed by atoms with Gasteiger partial charge in [-0.1, -0.05) is 53.5 Å². The number of rotatable bonds is 6. The van der Waals surface area contributed by atoms with Crippen molar-refractivity contribution in [1.29, 1.82) is 0 Å². The maximum atomic E-state index is 14.9. The van der Waals surface area contributed by atoms with Crippen LogP contribution in [0.15, 0.2) is 77.8 Å². The molecule has 2 aliphatic rings. The number of thioether (sulfide) groups is 1. The summed E-state index contributed by atoms with van der Waals surface area (Å²) in [5.41, 5.74) is 2.11. The lowest BCUT2D eigenvalue weighted by atomic mass is 9.90. The fraction of sp³-hybridized carbons (Fsp3) is 0.281. The highest BCUT2D eigenvalue weighted by molar-refractivity contribution is 8.01. The van der Waals surface area contributed by atoms with Crippen molar-refractivity contribution < 1.29 is 18.8 Å². The first-order valence-electron chi connectivity index (χ1n) is 13.9. The van der Waals surface area contributed by atoms with Gasteiger partial charge in [0.2, 0.25) is 17.7 Å². The Hall–Kier alpha value is -3.53. The van der Waals surface area contributed by atoms with E-state index in [0.717, 1.165) is 21.4 Å². The minimum Gasteiger partial charge on any atom is -0.361 e. The Morgan fingerprint density at radius 2 is 1.72 bits per heavy atom. The average Bonchev–Trinajstić information content (AvgIpc) is 3.52. The Labute approximate surface area is 262 Å². The van der Waals surface area contributed by atoms with Crippen LogP contribution in [-0.2, 0) is 20.9 Å². The van der Waals surface area contributed by atoms with Gasteiger partial charge in [-0.05, 0) is 42.0 Å². The van der Waals surface area contributed by atoms with Crippen LogP contribution in [0.2, 0.25) is 10.0 Å². The van der Waals surface area contributed by atoms with E-state index in [1.54, 1.807) is 26.8 Å². The maximum absolute atomic E-state index is 14.9. The van der Waals surface area contributed by atoms with E-state index in [4.69, 9.17) is 23.2 Å². The molecule has 4 aromatic rings. The Morgan fingerprint density at radius 1 is 1.00 bits per heavy atom. The summed E-state index contributed by atoms with van der Waals surface area (Å²) in [5, 5.41) is 1.39. The molecule has 7 nitrogen and oxygen atoms in total. The summed E-state index contributed by atoms with van der Waals surface area (Å²) >= 11 is 13.6. The van der Waals surface area contributed by atoms with E-state index in [1.165, 1.54) is 30.8 Å². The highest BCUT2D eigenvalue weighted by Crippen LogP contribution is 2.55. The number of hydrogen-bond acceptors (Lipinski definition) is 4. The molecule has 2 atom stereocenters. The number of likely N-dealkylation sites (tertiary alicyclic amines) is 1. The first-order chi connectivity index (χ1) is 20.7. The number of halogens is 3. The third-order valence-electron chi connectivity index (χ3n) is 8.21. The van der Waals surface area contributed by atoms with Gasteiger partial charge in [0.25, 0.3) is 0 Å². The molecule has 3 aromatic carbocycles. The zero-order valence-corrected chi connectivity index (χ0v) is 25.7. The molecule has 11 heteroatoms. The predicted octanol–water partition coefficient (Wildman–Crippen LogP) is 6.31. The van der Waals surface area contributed by atoms with Crippen LogP contribution in [0.4, 0.5) is 4.39 Å². The number of amides is 3. The molecule has 0 spiro atoms. The minimum absolute atomic E-state index is 0.00424. The van der Waals surface area contributed by atoms with Gasteiger partial charge in [-0.2, -0.15) is 0 Å². The lowest BCUT2D eigenvalue weighted by Crippen LogP contribution is -2.56. The molecular weight excluding hydrogens is 610 g/mol. The molecule has 2 fully saturated rings. The van der Waals surface area contributed by atoms with Crippen LogP contribution in [0.5, 0.6) is 0 Å². The Bertz CT molecular complexity index is 1710. The van der Waals surface area contributed by atoms with Crippen molar-refractivity contribution in [3.05, 3.63) is 99.9 Å². The normalized spacial score (nSPS) is 20.7. The maximum Gasteiger partial charge on any atom is 0.242 e. The number of nitrogens with zero attached hydrogens (tertiary/aromatic N) is 3. The van der Waals surface area contributed by atoms with Crippen LogP contribution in [0.3, 0.4) is 0 Å². The van der Waals surface area contributed by atoms with Gasteiger partial charge in [-0.15, -0.1) is 11.8 Å². The van der Waals surface area contributed by atoms with Crippen LogP contribution < -0.4 is 0 Å². The van der Waals surface area contributed by atoms with Crippen molar-refractivity contribution in [2.24, 2.45) is 0 Å². The van der Waals surface area contributed by atoms with Crippen LogP contribution >= 0.6 is 35.0 Å². The fourth-order valence-corrected chi connectivity index (χ4v) is 7.90. The molecule has 43 heavy (non-hydrogen) atoms. The summed E-state index contributed by atoms with van der Waals surface area (Å²) < 4.78 is 13.3. The van der Waals surface area contributed by atoms with E-state index in [9.17, 15) is 18.8 Å². The fourth-order valence-electron chi connectivity index (χ4n) is 6.12. The number of hydrogen-bond donors (Lipinski definition) is 1. The summed E-state index contributed by atoms with van der Waals surface area (Å²) in [4.78, 5) is 50.3. The number of carbonyl (C=O) groups excluding carboxylic acids is 3. The minimum atomic E-state index is -1.25. The Balaban J connectivity index is 1.50. The second kappa shape index (κ2) is 11.9. The number of carbonyl (C=O) groups is 3. The standard InChI is InChI=1S/C32H29Cl2FN4O3S/c1-20(40)37-11-13-38(14-12-37)31(42)32(43-23-5-3-2-4-6-23)17-29(41)39(19-21-7-10-26(34)27(35)15-21)30(32)25-18-36-28-16-22(33)8-9-24(25)28/h2-10,15-16,18,30,36H,11-14,17,19H2,1H3/t30-,32+/m0/s1. The van der Waals surface area contributed by atoms with Gasteiger partial charge < -0.3 is 19.7 Å². The lowest BCUT2D eigenvalue weighted by molar-refractivity contribution is -0.140. The number of nitrogens with one attached hydrogen (secondary N) is 1. The summed E-state index contributed by atoms with van der Waals surface area (Å²) in [6.07, 6.45) is 1.78. The molecule has 0 aliphatic carbocycles. The third-order valence-corrected chi connectivity index (χ3v) is 10.2. The molecule has 0 radical (unpaired) electrons. The van der Waals surface area contributed by atoms with Gasteiger partial charge in [0.05, 0.1) is 17.5 Å². The van der Waals surface area contributed by atoms with E-state index < -0.39 is 16.6 Å². The highest BCUT2D eigenvalue weighted by atomic mass is 35.5. The highest BCUT2D eigenvalue weighted by Gasteiger charge is 2.59. The zero-order valence-electron chi connectivity index (χ0n) is 23.4. The van der Waals surface area contributed by atoms with Crippen LogP contribution in [0.1, 0.15) is 30.5 Å². The number of aromatic amines is 1. The summed E-state index contributed by atoms with van der Waals surface area (Å²) in [5.74, 6) is -1.000. The van der Waals surface area contributed by atoms with Gasteiger partial charge >= 0.3 is 0 Å². The zero-order chi connectivity index (χ0) is 30.3. The Morgan fingerprint density at radius 3 is 2.42 bits per heavy atom. The van der Waals surface area contributed by atoms with Gasteiger partial charge in [-0.25, -0.2) is 4.39 Å². The van der Waals surface area contributed by atoms with Gasteiger partial charge in [0.15, 0.2) is 0 Å². The largest absolute Gasteiger partial charge is 0.361 e. The molecule has 0 unspecified atom stereocenters. The van der Waals surface area contributed by atoms with Gasteiger partial charge in [0.1, 0.15) is 10.6 Å². The predicted molar refractivity (Wildman–Crippen MR) is 166 cm³/mol. The number of H-pyrrole nitrogens is 1. The van der Waals surface area contributed by atoms with Crippen molar-refractivity contribution in [2.75, 3.05) is 26.2 Å². The number of aromatic nitrogens is 1. The van der Waals surface area contributed by atoms with Gasteiger partial charge in [0, 0.05) is 72.2 Å². The second-order valence-electron chi connectivity index (χ2n) is 10.9. The lowest BCUT2D eigenvalue weighted by Gasteiger charge is -2.42. The van der Waals surface area contributed by atoms with Crippen LogP contribution in [-0.4, -0.2) is 68.3 Å².